The predicted octanol–water partition coefficient (Wildman–Crippen LogP) is 2.73. The number of likely N-dealkylation sites (tertiary alicyclic amines) is 1. The first kappa shape index (κ1) is 13.4. The number of hydrogen-bond acceptors (Lipinski definition) is 4. The fourth-order valence-electron chi connectivity index (χ4n) is 2.52. The van der Waals surface area contributed by atoms with Crippen LogP contribution in [0.15, 0.2) is 35.6 Å². The number of thioether (sulfide) groups is 1. The van der Waals surface area contributed by atoms with Crippen molar-refractivity contribution in [3.63, 3.8) is 0 Å². The second-order valence-electron chi connectivity index (χ2n) is 5.02. The number of benzene rings is 1. The van der Waals surface area contributed by atoms with Crippen molar-refractivity contribution in [3.8, 4) is 0 Å². The van der Waals surface area contributed by atoms with Crippen molar-refractivity contribution in [1.82, 2.24) is 14.9 Å². The molecule has 104 valence electrons. The summed E-state index contributed by atoms with van der Waals surface area (Å²) in [4.78, 5) is 22.0. The van der Waals surface area contributed by atoms with Crippen molar-refractivity contribution in [2.75, 3.05) is 13.1 Å². The lowest BCUT2D eigenvalue weighted by Crippen LogP contribution is -2.37. The maximum atomic E-state index is 11.3. The van der Waals surface area contributed by atoms with Crippen molar-refractivity contribution < 1.29 is 4.79 Å². The van der Waals surface area contributed by atoms with Crippen molar-refractivity contribution in [1.29, 1.82) is 0 Å². The van der Waals surface area contributed by atoms with E-state index >= 15 is 0 Å². The summed E-state index contributed by atoms with van der Waals surface area (Å²) in [6.07, 6.45) is 3.69. The monoisotopic (exact) mass is 287 g/mol. The molecule has 5 heteroatoms. The van der Waals surface area contributed by atoms with Crippen LogP contribution in [0.25, 0.3) is 10.9 Å². The molecule has 0 saturated carbocycles. The number of piperidine rings is 1. The fraction of sp³-hybridized carbons (Fsp3) is 0.400. The highest BCUT2D eigenvalue weighted by molar-refractivity contribution is 8.00. The molecule has 20 heavy (non-hydrogen) atoms. The molecular weight excluding hydrogens is 270 g/mol. The predicted molar refractivity (Wildman–Crippen MR) is 80.7 cm³/mol. The summed E-state index contributed by atoms with van der Waals surface area (Å²) >= 11 is 1.82. The van der Waals surface area contributed by atoms with Crippen LogP contribution in [0.3, 0.4) is 0 Å². The molecule has 2 aromatic rings. The molecule has 0 unspecified atom stereocenters. The molecule has 0 N–H and O–H groups in total. The molecule has 0 radical (unpaired) electrons. The van der Waals surface area contributed by atoms with Gasteiger partial charge in [0.05, 0.1) is 5.52 Å². The number of amides is 1. The molecule has 1 aliphatic rings. The van der Waals surface area contributed by atoms with E-state index in [9.17, 15) is 4.79 Å². The van der Waals surface area contributed by atoms with Crippen LogP contribution in [0.4, 0.5) is 0 Å². The summed E-state index contributed by atoms with van der Waals surface area (Å²) in [6.45, 7) is 3.36. The van der Waals surface area contributed by atoms with Crippen molar-refractivity contribution >= 4 is 28.6 Å². The molecule has 2 heterocycles. The van der Waals surface area contributed by atoms with E-state index in [1.54, 1.807) is 13.3 Å². The number of nitrogens with zero attached hydrogens (tertiary/aromatic N) is 3. The minimum atomic E-state index is 0.181. The molecule has 1 aromatic heterocycles. The highest BCUT2D eigenvalue weighted by Crippen LogP contribution is 2.32. The van der Waals surface area contributed by atoms with Crippen molar-refractivity contribution in [2.45, 2.75) is 30.0 Å². The molecule has 0 spiro atoms. The van der Waals surface area contributed by atoms with Gasteiger partial charge in [-0.2, -0.15) is 0 Å². The lowest BCUT2D eigenvalue weighted by atomic mass is 10.1. The Hall–Kier alpha value is -1.62. The highest BCUT2D eigenvalue weighted by Gasteiger charge is 2.22. The van der Waals surface area contributed by atoms with Crippen LogP contribution in [0.5, 0.6) is 0 Å². The first-order valence-electron chi connectivity index (χ1n) is 6.86. The topological polar surface area (TPSA) is 46.1 Å². The third-order valence-electron chi connectivity index (χ3n) is 3.67. The van der Waals surface area contributed by atoms with Crippen molar-refractivity contribution in [2.24, 2.45) is 0 Å². The summed E-state index contributed by atoms with van der Waals surface area (Å²) in [6, 6.07) is 8.10. The lowest BCUT2D eigenvalue weighted by molar-refractivity contribution is -0.129. The van der Waals surface area contributed by atoms with E-state index in [-0.39, 0.29) is 5.91 Å². The van der Waals surface area contributed by atoms with Crippen molar-refractivity contribution in [3.05, 3.63) is 30.6 Å². The zero-order valence-corrected chi connectivity index (χ0v) is 12.3. The highest BCUT2D eigenvalue weighted by atomic mass is 32.2. The summed E-state index contributed by atoms with van der Waals surface area (Å²) in [5.41, 5.74) is 0.992. The minimum Gasteiger partial charge on any atom is -0.343 e. The number of hydrogen-bond donors (Lipinski definition) is 0. The van der Waals surface area contributed by atoms with E-state index in [1.807, 2.05) is 34.9 Å². The largest absolute Gasteiger partial charge is 0.343 e. The minimum absolute atomic E-state index is 0.181. The number of aromatic nitrogens is 2. The number of rotatable bonds is 2. The van der Waals surface area contributed by atoms with Gasteiger partial charge < -0.3 is 4.90 Å². The van der Waals surface area contributed by atoms with Crippen LogP contribution in [-0.4, -0.2) is 39.1 Å². The van der Waals surface area contributed by atoms with E-state index in [4.69, 9.17) is 0 Å². The van der Waals surface area contributed by atoms with Crippen LogP contribution in [-0.2, 0) is 4.79 Å². The van der Waals surface area contributed by atoms with Gasteiger partial charge in [-0.05, 0) is 18.9 Å². The van der Waals surface area contributed by atoms with E-state index < -0.39 is 0 Å². The van der Waals surface area contributed by atoms with Gasteiger partial charge in [0.1, 0.15) is 11.4 Å². The van der Waals surface area contributed by atoms with Crippen LogP contribution in [0, 0.1) is 0 Å². The zero-order chi connectivity index (χ0) is 13.9. The Morgan fingerprint density at radius 1 is 1.25 bits per heavy atom. The molecule has 1 aliphatic heterocycles. The Bertz CT molecular complexity index is 618. The van der Waals surface area contributed by atoms with E-state index in [0.717, 1.165) is 41.9 Å². The zero-order valence-electron chi connectivity index (χ0n) is 11.5. The van der Waals surface area contributed by atoms with E-state index in [0.29, 0.717) is 5.25 Å². The van der Waals surface area contributed by atoms with Gasteiger partial charge in [-0.25, -0.2) is 9.97 Å². The quantitative estimate of drug-likeness (QED) is 0.797. The Balaban J connectivity index is 1.73. The maximum Gasteiger partial charge on any atom is 0.219 e. The normalized spacial score (nSPS) is 16.6. The molecular formula is C15H17N3OS. The summed E-state index contributed by atoms with van der Waals surface area (Å²) < 4.78 is 0. The van der Waals surface area contributed by atoms with Crippen LogP contribution < -0.4 is 0 Å². The first-order valence-corrected chi connectivity index (χ1v) is 7.74. The SMILES string of the molecule is CC(=O)N1CCC(Sc2ncnc3ccccc23)CC1. The molecule has 0 aliphatic carbocycles. The van der Waals surface area contributed by atoms with E-state index in [2.05, 4.69) is 16.0 Å². The number of fused-ring (bicyclic) bond motifs is 1. The first-order chi connectivity index (χ1) is 9.74. The molecule has 3 rings (SSSR count). The van der Waals surface area contributed by atoms with Gasteiger partial charge in [0, 0.05) is 30.6 Å². The van der Waals surface area contributed by atoms with Gasteiger partial charge in [-0.15, -0.1) is 11.8 Å². The molecule has 1 saturated heterocycles. The Morgan fingerprint density at radius 2 is 2.00 bits per heavy atom. The average Bonchev–Trinajstić information content (AvgIpc) is 2.48. The van der Waals surface area contributed by atoms with Gasteiger partial charge >= 0.3 is 0 Å². The number of carbonyl (C=O) groups excluding carboxylic acids is 1. The van der Waals surface area contributed by atoms with Crippen LogP contribution >= 0.6 is 11.8 Å². The maximum absolute atomic E-state index is 11.3. The summed E-state index contributed by atoms with van der Waals surface area (Å²) in [5.74, 6) is 0.181. The van der Waals surface area contributed by atoms with Gasteiger partial charge in [-0.1, -0.05) is 18.2 Å². The lowest BCUT2D eigenvalue weighted by Gasteiger charge is -2.30. The van der Waals surface area contributed by atoms with Gasteiger partial charge in [0.15, 0.2) is 0 Å². The van der Waals surface area contributed by atoms with Gasteiger partial charge in [0.25, 0.3) is 0 Å². The third-order valence-corrected chi connectivity index (χ3v) is 5.03. The molecule has 4 nitrogen and oxygen atoms in total. The van der Waals surface area contributed by atoms with E-state index in [1.165, 1.54) is 0 Å². The Kier molecular flexibility index (Phi) is 3.87. The van der Waals surface area contributed by atoms with Gasteiger partial charge in [0.2, 0.25) is 5.91 Å². The smallest absolute Gasteiger partial charge is 0.219 e. The summed E-state index contributed by atoms with van der Waals surface area (Å²) in [7, 11) is 0. The third kappa shape index (κ3) is 2.77. The summed E-state index contributed by atoms with van der Waals surface area (Å²) in [5, 5.41) is 2.70. The second kappa shape index (κ2) is 5.79. The van der Waals surface area contributed by atoms with Gasteiger partial charge in [-0.3, -0.25) is 4.79 Å². The Labute approximate surface area is 122 Å². The van der Waals surface area contributed by atoms with Crippen LogP contribution in [0.2, 0.25) is 0 Å². The molecule has 1 aromatic carbocycles. The Morgan fingerprint density at radius 3 is 2.75 bits per heavy atom. The molecule has 1 fully saturated rings. The second-order valence-corrected chi connectivity index (χ2v) is 6.31. The molecule has 1 amide bonds. The standard InChI is InChI=1S/C15H17N3OS/c1-11(19)18-8-6-12(7-9-18)20-15-13-4-2-3-5-14(13)16-10-17-15/h2-5,10,12H,6-9H2,1H3. The number of para-hydroxylation sites is 1. The molecule has 0 bridgehead atoms. The number of carbonyl (C=O) groups is 1. The van der Waals surface area contributed by atoms with Crippen LogP contribution in [0.1, 0.15) is 19.8 Å². The molecule has 0 atom stereocenters. The fourth-order valence-corrected chi connectivity index (χ4v) is 3.69. The average molecular weight is 287 g/mol.